The molecule has 64 heavy (non-hydrogen) atoms. The number of ether oxygens (including phenoxy) is 1. The van der Waals surface area contributed by atoms with Gasteiger partial charge < -0.3 is 20.3 Å². The lowest BCUT2D eigenvalue weighted by molar-refractivity contribution is -0.143. The molecule has 3 N–H and O–H groups in total. The second-order valence-electron chi connectivity index (χ2n) is 20.0. The molecule has 0 rings (SSSR count). The lowest BCUT2D eigenvalue weighted by atomic mass is 10.0. The van der Waals surface area contributed by atoms with Crippen LogP contribution in [0.5, 0.6) is 0 Å². The summed E-state index contributed by atoms with van der Waals surface area (Å²) in [5.74, 6) is -0.0413. The third kappa shape index (κ3) is 50.0. The minimum Gasteiger partial charge on any atom is -0.466 e. The Balaban J connectivity index is 3.43. The number of aliphatic hydroxyl groups excluding tert-OH is 2. The zero-order valence-electron chi connectivity index (χ0n) is 43.3. The summed E-state index contributed by atoms with van der Waals surface area (Å²) in [5, 5.41) is 23.2. The molecule has 0 saturated heterocycles. The summed E-state index contributed by atoms with van der Waals surface area (Å²) in [7, 11) is 0. The first kappa shape index (κ1) is 62.6. The van der Waals surface area contributed by atoms with Crippen LogP contribution in [0, 0.1) is 0 Å². The fraction of sp³-hybridized carbons (Fsp3) is 0.931. The van der Waals surface area contributed by atoms with E-state index in [0.29, 0.717) is 25.9 Å². The predicted octanol–water partition coefficient (Wildman–Crippen LogP) is 17.7. The van der Waals surface area contributed by atoms with Crippen molar-refractivity contribution in [3.05, 3.63) is 12.2 Å². The van der Waals surface area contributed by atoms with Crippen LogP contribution in [0.15, 0.2) is 12.2 Å². The first-order valence-electron chi connectivity index (χ1n) is 28.9. The van der Waals surface area contributed by atoms with E-state index in [1.165, 1.54) is 238 Å². The molecular formula is C58H113NO5. The molecule has 2 unspecified atom stereocenters. The van der Waals surface area contributed by atoms with Crippen molar-refractivity contribution >= 4 is 11.9 Å². The van der Waals surface area contributed by atoms with Crippen LogP contribution in [-0.2, 0) is 14.3 Å². The third-order valence-corrected chi connectivity index (χ3v) is 13.6. The van der Waals surface area contributed by atoms with Crippen molar-refractivity contribution in [2.75, 3.05) is 13.2 Å². The monoisotopic (exact) mass is 904 g/mol. The van der Waals surface area contributed by atoms with Crippen LogP contribution in [0.1, 0.15) is 322 Å². The number of aliphatic hydroxyl groups is 2. The summed E-state index contributed by atoms with van der Waals surface area (Å²) in [4.78, 5) is 24.5. The molecule has 0 saturated carbocycles. The van der Waals surface area contributed by atoms with Crippen LogP contribution in [0.4, 0.5) is 0 Å². The van der Waals surface area contributed by atoms with Gasteiger partial charge in [-0.3, -0.25) is 9.59 Å². The van der Waals surface area contributed by atoms with E-state index >= 15 is 0 Å². The Morgan fingerprint density at radius 3 is 1.11 bits per heavy atom. The van der Waals surface area contributed by atoms with Crippen molar-refractivity contribution in [2.45, 2.75) is 334 Å². The minimum atomic E-state index is -0.671. The largest absolute Gasteiger partial charge is 0.466 e. The second kappa shape index (κ2) is 54.2. The number of amides is 1. The first-order chi connectivity index (χ1) is 31.5. The van der Waals surface area contributed by atoms with E-state index in [0.717, 1.165) is 51.4 Å². The van der Waals surface area contributed by atoms with Gasteiger partial charge in [0.1, 0.15) is 0 Å². The van der Waals surface area contributed by atoms with Gasteiger partial charge in [0, 0.05) is 12.8 Å². The van der Waals surface area contributed by atoms with E-state index in [2.05, 4.69) is 31.3 Å². The van der Waals surface area contributed by atoms with E-state index in [1.54, 1.807) is 0 Å². The number of hydrogen-bond acceptors (Lipinski definition) is 5. The Morgan fingerprint density at radius 1 is 0.422 bits per heavy atom. The second-order valence-corrected chi connectivity index (χ2v) is 20.0. The first-order valence-corrected chi connectivity index (χ1v) is 28.9. The zero-order valence-corrected chi connectivity index (χ0v) is 43.3. The van der Waals surface area contributed by atoms with Gasteiger partial charge in [-0.05, 0) is 51.4 Å². The number of carbonyl (C=O) groups excluding carboxylic acids is 2. The molecule has 0 fully saturated rings. The lowest BCUT2D eigenvalue weighted by Crippen LogP contribution is -2.45. The van der Waals surface area contributed by atoms with Gasteiger partial charge in [-0.2, -0.15) is 0 Å². The standard InChI is InChI=1S/C58H113NO5/c1-3-5-7-9-11-13-15-17-23-28-32-36-40-44-48-52-58(63)64-53-49-45-41-37-33-29-25-22-20-19-21-24-27-31-35-39-43-47-51-57(62)59-55(54-60)56(61)50-46-42-38-34-30-26-18-16-14-12-10-8-6-4-2/h21,24,55-56,60-61H,3-20,22-23,25-54H2,1-2H3,(H,59,62)/b24-21-. The molecule has 0 aromatic heterocycles. The summed E-state index contributed by atoms with van der Waals surface area (Å²) < 4.78 is 5.48. The molecule has 0 aliphatic carbocycles. The third-order valence-electron chi connectivity index (χ3n) is 13.6. The number of esters is 1. The SMILES string of the molecule is CCCCCCCCCCCCCCCCCC(=O)OCCCCCCCCCCC/C=C\CCCCCCCC(=O)NC(CO)C(O)CCCCCCCCCCCCCCCC. The number of rotatable bonds is 54. The van der Waals surface area contributed by atoms with Gasteiger partial charge in [-0.1, -0.05) is 270 Å². The highest BCUT2D eigenvalue weighted by molar-refractivity contribution is 5.76. The van der Waals surface area contributed by atoms with Crippen molar-refractivity contribution in [3.8, 4) is 0 Å². The van der Waals surface area contributed by atoms with E-state index in [4.69, 9.17) is 4.74 Å². The normalized spacial score (nSPS) is 12.6. The molecule has 0 heterocycles. The number of unbranched alkanes of at least 4 members (excludes halogenated alkanes) is 41. The average molecular weight is 905 g/mol. The maximum Gasteiger partial charge on any atom is 0.305 e. The quantitative estimate of drug-likeness (QED) is 0.0321. The smallest absolute Gasteiger partial charge is 0.305 e. The molecule has 6 heteroatoms. The molecule has 0 spiro atoms. The molecule has 0 aromatic rings. The number of nitrogens with one attached hydrogen (secondary N) is 1. The van der Waals surface area contributed by atoms with Gasteiger partial charge in [0.15, 0.2) is 0 Å². The summed E-state index contributed by atoms with van der Waals surface area (Å²) >= 11 is 0. The molecular weight excluding hydrogens is 791 g/mol. The maximum atomic E-state index is 12.5. The van der Waals surface area contributed by atoms with Gasteiger partial charge in [0.25, 0.3) is 0 Å². The number of carbonyl (C=O) groups is 2. The molecule has 0 aromatic carbocycles. The fourth-order valence-corrected chi connectivity index (χ4v) is 9.11. The van der Waals surface area contributed by atoms with Crippen molar-refractivity contribution < 1.29 is 24.5 Å². The average Bonchev–Trinajstić information content (AvgIpc) is 3.29. The van der Waals surface area contributed by atoms with Crippen LogP contribution < -0.4 is 5.32 Å². The Morgan fingerprint density at radius 2 is 0.734 bits per heavy atom. The Bertz CT molecular complexity index is 955. The van der Waals surface area contributed by atoms with Gasteiger partial charge in [0.05, 0.1) is 25.4 Å². The lowest BCUT2D eigenvalue weighted by Gasteiger charge is -2.22. The maximum absolute atomic E-state index is 12.5. The Kier molecular flexibility index (Phi) is 53.0. The van der Waals surface area contributed by atoms with Gasteiger partial charge in [-0.15, -0.1) is 0 Å². The highest BCUT2D eigenvalue weighted by Gasteiger charge is 2.20. The van der Waals surface area contributed by atoms with Crippen molar-refractivity contribution in [1.29, 1.82) is 0 Å². The van der Waals surface area contributed by atoms with Crippen molar-refractivity contribution in [3.63, 3.8) is 0 Å². The minimum absolute atomic E-state index is 0.00634. The highest BCUT2D eigenvalue weighted by atomic mass is 16.5. The van der Waals surface area contributed by atoms with Crippen LogP contribution in [0.3, 0.4) is 0 Å². The fourth-order valence-electron chi connectivity index (χ4n) is 9.11. The molecule has 2 atom stereocenters. The highest BCUT2D eigenvalue weighted by Crippen LogP contribution is 2.17. The van der Waals surface area contributed by atoms with Gasteiger partial charge in [0.2, 0.25) is 5.91 Å². The van der Waals surface area contributed by atoms with E-state index in [-0.39, 0.29) is 18.5 Å². The summed E-state index contributed by atoms with van der Waals surface area (Å²) in [5.41, 5.74) is 0. The molecule has 0 aliphatic rings. The van der Waals surface area contributed by atoms with Crippen LogP contribution in [0.25, 0.3) is 0 Å². The number of hydrogen-bond donors (Lipinski definition) is 3. The molecule has 0 radical (unpaired) electrons. The summed E-state index contributed by atoms with van der Waals surface area (Å²) in [6.07, 6.45) is 63.4. The van der Waals surface area contributed by atoms with E-state index < -0.39 is 12.1 Å². The van der Waals surface area contributed by atoms with E-state index in [1.807, 2.05) is 0 Å². The Labute approximate surface area is 399 Å². The Hall–Kier alpha value is -1.40. The topological polar surface area (TPSA) is 95.9 Å². The molecule has 6 nitrogen and oxygen atoms in total. The number of allylic oxidation sites excluding steroid dienone is 2. The molecule has 1 amide bonds. The summed E-state index contributed by atoms with van der Waals surface area (Å²) in [6.45, 7) is 4.96. The van der Waals surface area contributed by atoms with Crippen LogP contribution in [-0.4, -0.2) is 47.4 Å². The molecule has 0 aliphatic heterocycles. The van der Waals surface area contributed by atoms with Crippen LogP contribution >= 0.6 is 0 Å². The molecule has 380 valence electrons. The van der Waals surface area contributed by atoms with Crippen molar-refractivity contribution in [2.24, 2.45) is 0 Å². The van der Waals surface area contributed by atoms with Gasteiger partial charge >= 0.3 is 5.97 Å². The van der Waals surface area contributed by atoms with Gasteiger partial charge in [-0.25, -0.2) is 0 Å². The summed E-state index contributed by atoms with van der Waals surface area (Å²) in [6, 6.07) is -0.550. The van der Waals surface area contributed by atoms with Crippen molar-refractivity contribution in [1.82, 2.24) is 5.32 Å². The van der Waals surface area contributed by atoms with E-state index in [9.17, 15) is 19.8 Å². The van der Waals surface area contributed by atoms with Crippen LogP contribution in [0.2, 0.25) is 0 Å². The predicted molar refractivity (Wildman–Crippen MR) is 278 cm³/mol. The molecule has 0 bridgehead atoms. The zero-order chi connectivity index (χ0) is 46.5.